The number of likely N-dealkylation sites (N-methyl/N-ethyl adjacent to an activating group) is 1. The van der Waals surface area contributed by atoms with Crippen LogP contribution in [0.1, 0.15) is 17.2 Å². The maximum Gasteiger partial charge on any atom is 0.269 e. The van der Waals surface area contributed by atoms with Crippen LogP contribution in [0.25, 0.3) is 0 Å². The minimum absolute atomic E-state index is 0.109. The molecule has 0 bridgehead atoms. The Balaban J connectivity index is 2.16. The van der Waals surface area contributed by atoms with E-state index in [1.807, 2.05) is 31.3 Å². The van der Waals surface area contributed by atoms with Gasteiger partial charge in [0.05, 0.1) is 4.92 Å². The maximum absolute atomic E-state index is 10.6. The number of nitrogens with one attached hydrogen (secondary N) is 1. The van der Waals surface area contributed by atoms with Gasteiger partial charge in [0, 0.05) is 23.2 Å². The third kappa shape index (κ3) is 3.56. The van der Waals surface area contributed by atoms with E-state index in [1.165, 1.54) is 12.1 Å². The predicted molar refractivity (Wildman–Crippen MR) is 80.1 cm³/mol. The molecule has 0 fully saturated rings. The van der Waals surface area contributed by atoms with Gasteiger partial charge in [0.2, 0.25) is 0 Å². The van der Waals surface area contributed by atoms with Crippen LogP contribution >= 0.6 is 11.6 Å². The number of nitro groups is 1. The Bertz CT molecular complexity index is 599. The van der Waals surface area contributed by atoms with E-state index in [2.05, 4.69) is 5.32 Å². The van der Waals surface area contributed by atoms with Crippen LogP contribution in [0.3, 0.4) is 0 Å². The smallest absolute Gasteiger partial charge is 0.269 e. The van der Waals surface area contributed by atoms with Gasteiger partial charge in [-0.1, -0.05) is 35.9 Å². The summed E-state index contributed by atoms with van der Waals surface area (Å²) < 4.78 is 0. The van der Waals surface area contributed by atoms with E-state index in [4.69, 9.17) is 11.6 Å². The minimum Gasteiger partial charge on any atom is -0.313 e. The molecule has 5 heteroatoms. The van der Waals surface area contributed by atoms with E-state index in [0.717, 1.165) is 17.5 Å². The molecule has 2 aromatic rings. The third-order valence-electron chi connectivity index (χ3n) is 3.19. The van der Waals surface area contributed by atoms with E-state index in [-0.39, 0.29) is 11.7 Å². The van der Waals surface area contributed by atoms with Crippen molar-refractivity contribution >= 4 is 17.3 Å². The lowest BCUT2D eigenvalue weighted by Crippen LogP contribution is -2.18. The number of rotatable bonds is 5. The average molecular weight is 291 g/mol. The molecule has 0 aliphatic heterocycles. The molecule has 2 rings (SSSR count). The number of hydrogen-bond acceptors (Lipinski definition) is 3. The molecule has 20 heavy (non-hydrogen) atoms. The van der Waals surface area contributed by atoms with Gasteiger partial charge in [-0.15, -0.1) is 0 Å². The average Bonchev–Trinajstić information content (AvgIpc) is 2.45. The molecule has 0 heterocycles. The van der Waals surface area contributed by atoms with Crippen LogP contribution in [-0.4, -0.2) is 12.0 Å². The van der Waals surface area contributed by atoms with Crippen molar-refractivity contribution < 1.29 is 4.92 Å². The SMILES string of the molecule is CNC(Cc1ccc([N+](=O)[O-])cc1)c1cccc(Cl)c1. The van der Waals surface area contributed by atoms with Crippen LogP contribution in [0.5, 0.6) is 0 Å². The highest BCUT2D eigenvalue weighted by molar-refractivity contribution is 6.30. The highest BCUT2D eigenvalue weighted by Crippen LogP contribution is 2.22. The molecular formula is C15H15ClN2O2. The lowest BCUT2D eigenvalue weighted by Gasteiger charge is -2.17. The maximum atomic E-state index is 10.6. The van der Waals surface area contributed by atoms with Crippen LogP contribution in [-0.2, 0) is 6.42 Å². The molecule has 104 valence electrons. The van der Waals surface area contributed by atoms with Crippen molar-refractivity contribution in [1.82, 2.24) is 5.32 Å². The van der Waals surface area contributed by atoms with E-state index >= 15 is 0 Å². The zero-order valence-corrected chi connectivity index (χ0v) is 11.8. The van der Waals surface area contributed by atoms with Crippen molar-refractivity contribution in [2.24, 2.45) is 0 Å². The van der Waals surface area contributed by atoms with Crippen molar-refractivity contribution in [2.45, 2.75) is 12.5 Å². The first-order chi connectivity index (χ1) is 9.60. The quantitative estimate of drug-likeness (QED) is 0.674. The number of non-ortho nitro benzene ring substituents is 1. The summed E-state index contributed by atoms with van der Waals surface area (Å²) in [6.45, 7) is 0. The van der Waals surface area contributed by atoms with Crippen molar-refractivity contribution in [3.63, 3.8) is 0 Å². The molecule has 0 amide bonds. The second kappa shape index (κ2) is 6.50. The standard InChI is InChI=1S/C15H15ClN2O2/c1-17-15(12-3-2-4-13(16)10-12)9-11-5-7-14(8-6-11)18(19)20/h2-8,10,15,17H,9H2,1H3. The molecule has 2 aromatic carbocycles. The summed E-state index contributed by atoms with van der Waals surface area (Å²) in [5.41, 5.74) is 2.24. The molecule has 0 radical (unpaired) electrons. The third-order valence-corrected chi connectivity index (χ3v) is 3.42. The molecule has 0 aromatic heterocycles. The Morgan fingerprint density at radius 3 is 2.50 bits per heavy atom. The lowest BCUT2D eigenvalue weighted by molar-refractivity contribution is -0.384. The number of nitro benzene ring substituents is 1. The summed E-state index contributed by atoms with van der Waals surface area (Å²) in [6, 6.07) is 14.4. The van der Waals surface area contributed by atoms with Crippen molar-refractivity contribution in [3.05, 3.63) is 74.8 Å². The fraction of sp³-hybridized carbons (Fsp3) is 0.200. The monoisotopic (exact) mass is 290 g/mol. The van der Waals surface area contributed by atoms with Gasteiger partial charge in [0.1, 0.15) is 0 Å². The number of benzene rings is 2. The normalized spacial score (nSPS) is 12.1. The van der Waals surface area contributed by atoms with E-state index in [0.29, 0.717) is 5.02 Å². The summed E-state index contributed by atoms with van der Waals surface area (Å²) in [5, 5.41) is 14.6. The fourth-order valence-corrected chi connectivity index (χ4v) is 2.30. The zero-order valence-electron chi connectivity index (χ0n) is 11.0. The van der Waals surface area contributed by atoms with Gasteiger partial charge in [0.25, 0.3) is 5.69 Å². The van der Waals surface area contributed by atoms with Gasteiger partial charge in [-0.25, -0.2) is 0 Å². The molecule has 1 atom stereocenters. The van der Waals surface area contributed by atoms with Crippen LogP contribution < -0.4 is 5.32 Å². The number of hydrogen-bond donors (Lipinski definition) is 1. The first-order valence-corrected chi connectivity index (χ1v) is 6.64. The van der Waals surface area contributed by atoms with Gasteiger partial charge in [-0.2, -0.15) is 0 Å². The summed E-state index contributed by atoms with van der Waals surface area (Å²) in [6.07, 6.45) is 0.745. The van der Waals surface area contributed by atoms with Gasteiger partial charge < -0.3 is 5.32 Å². The second-order valence-electron chi connectivity index (χ2n) is 4.52. The largest absolute Gasteiger partial charge is 0.313 e. The Kier molecular flexibility index (Phi) is 4.71. The van der Waals surface area contributed by atoms with Crippen molar-refractivity contribution in [1.29, 1.82) is 0 Å². The summed E-state index contributed by atoms with van der Waals surface area (Å²) in [4.78, 5) is 10.2. The molecule has 0 saturated heterocycles. The Morgan fingerprint density at radius 2 is 1.95 bits per heavy atom. The number of halogens is 1. The topological polar surface area (TPSA) is 55.2 Å². The Labute approximate surface area is 122 Å². The lowest BCUT2D eigenvalue weighted by atomic mass is 9.99. The van der Waals surface area contributed by atoms with Gasteiger partial charge in [0.15, 0.2) is 0 Å². The summed E-state index contributed by atoms with van der Waals surface area (Å²) in [7, 11) is 1.89. The van der Waals surface area contributed by atoms with Gasteiger partial charge in [-0.3, -0.25) is 10.1 Å². The van der Waals surface area contributed by atoms with Crippen LogP contribution in [0, 0.1) is 10.1 Å². The Morgan fingerprint density at radius 1 is 1.25 bits per heavy atom. The van der Waals surface area contributed by atoms with Crippen LogP contribution in [0.15, 0.2) is 48.5 Å². The highest BCUT2D eigenvalue weighted by atomic mass is 35.5. The number of nitrogens with zero attached hydrogens (tertiary/aromatic N) is 1. The minimum atomic E-state index is -0.393. The van der Waals surface area contributed by atoms with Crippen molar-refractivity contribution in [2.75, 3.05) is 7.05 Å². The van der Waals surface area contributed by atoms with Crippen LogP contribution in [0.2, 0.25) is 5.02 Å². The molecule has 0 aliphatic rings. The summed E-state index contributed by atoms with van der Waals surface area (Å²) in [5.74, 6) is 0. The molecule has 0 saturated carbocycles. The highest BCUT2D eigenvalue weighted by Gasteiger charge is 2.11. The van der Waals surface area contributed by atoms with Crippen LogP contribution in [0.4, 0.5) is 5.69 Å². The van der Waals surface area contributed by atoms with E-state index in [9.17, 15) is 10.1 Å². The Hall–Kier alpha value is -1.91. The summed E-state index contributed by atoms with van der Waals surface area (Å²) >= 11 is 6.00. The zero-order chi connectivity index (χ0) is 14.5. The molecule has 1 N–H and O–H groups in total. The predicted octanol–water partition coefficient (Wildman–Crippen LogP) is 3.75. The molecular weight excluding hydrogens is 276 g/mol. The van der Waals surface area contributed by atoms with Crippen molar-refractivity contribution in [3.8, 4) is 0 Å². The molecule has 4 nitrogen and oxygen atoms in total. The molecule has 0 spiro atoms. The van der Waals surface area contributed by atoms with E-state index in [1.54, 1.807) is 12.1 Å². The first-order valence-electron chi connectivity index (χ1n) is 6.26. The van der Waals surface area contributed by atoms with Gasteiger partial charge in [-0.05, 0) is 36.7 Å². The molecule has 0 aliphatic carbocycles. The second-order valence-corrected chi connectivity index (χ2v) is 4.96. The first kappa shape index (κ1) is 14.5. The fourth-order valence-electron chi connectivity index (χ4n) is 2.10. The molecule has 1 unspecified atom stereocenters. The van der Waals surface area contributed by atoms with E-state index < -0.39 is 4.92 Å². The van der Waals surface area contributed by atoms with Gasteiger partial charge >= 0.3 is 0 Å².